The van der Waals surface area contributed by atoms with Crippen molar-refractivity contribution in [2.24, 2.45) is 0 Å². The van der Waals surface area contributed by atoms with E-state index in [1.807, 2.05) is 18.4 Å². The predicted molar refractivity (Wildman–Crippen MR) is 81.5 cm³/mol. The number of aryl methyl sites for hydroxylation is 1. The fraction of sp³-hybridized carbons (Fsp3) is 0.500. The van der Waals surface area contributed by atoms with Crippen LogP contribution in [0.2, 0.25) is 0 Å². The number of aliphatic hydroxyl groups is 1. The maximum absolute atomic E-state index is 10.5. The quantitative estimate of drug-likeness (QED) is 0.919. The first kappa shape index (κ1) is 15.5. The SMILES string of the molecule is COc1c(C)cnc(CC(O)c2cncn2C(C)C)c1C. The van der Waals surface area contributed by atoms with E-state index in [0.717, 1.165) is 28.3 Å². The maximum atomic E-state index is 10.5. The van der Waals surface area contributed by atoms with Gasteiger partial charge >= 0.3 is 0 Å². The number of aromatic nitrogens is 3. The van der Waals surface area contributed by atoms with Crippen molar-refractivity contribution >= 4 is 0 Å². The fourth-order valence-electron chi connectivity index (χ4n) is 2.57. The second kappa shape index (κ2) is 6.26. The van der Waals surface area contributed by atoms with E-state index in [1.165, 1.54) is 0 Å². The molecule has 5 nitrogen and oxygen atoms in total. The van der Waals surface area contributed by atoms with Crippen LogP contribution in [0.25, 0.3) is 0 Å². The molecule has 0 radical (unpaired) electrons. The van der Waals surface area contributed by atoms with Gasteiger partial charge in [-0.2, -0.15) is 0 Å². The highest BCUT2D eigenvalue weighted by atomic mass is 16.5. The van der Waals surface area contributed by atoms with Gasteiger partial charge in [-0.1, -0.05) is 0 Å². The summed E-state index contributed by atoms with van der Waals surface area (Å²) in [5.41, 5.74) is 3.64. The molecule has 21 heavy (non-hydrogen) atoms. The number of imidazole rings is 1. The van der Waals surface area contributed by atoms with Crippen LogP contribution in [-0.4, -0.2) is 26.8 Å². The van der Waals surface area contributed by atoms with E-state index in [0.29, 0.717) is 6.42 Å². The Kier molecular flexibility index (Phi) is 4.63. The van der Waals surface area contributed by atoms with Gasteiger partial charge in [0.05, 0.1) is 25.3 Å². The molecule has 1 N–H and O–H groups in total. The van der Waals surface area contributed by atoms with E-state index >= 15 is 0 Å². The lowest BCUT2D eigenvalue weighted by Crippen LogP contribution is -2.12. The molecule has 1 atom stereocenters. The molecule has 0 spiro atoms. The molecule has 0 saturated heterocycles. The normalized spacial score (nSPS) is 12.7. The van der Waals surface area contributed by atoms with Crippen LogP contribution < -0.4 is 4.74 Å². The minimum absolute atomic E-state index is 0.263. The largest absolute Gasteiger partial charge is 0.496 e. The zero-order chi connectivity index (χ0) is 15.6. The Balaban J connectivity index is 2.28. The van der Waals surface area contributed by atoms with E-state index in [2.05, 4.69) is 23.8 Å². The van der Waals surface area contributed by atoms with Crippen LogP contribution in [0.5, 0.6) is 5.75 Å². The third kappa shape index (κ3) is 3.08. The summed E-state index contributed by atoms with van der Waals surface area (Å²) in [6.07, 6.45) is 5.06. The van der Waals surface area contributed by atoms with Crippen LogP contribution in [-0.2, 0) is 6.42 Å². The Morgan fingerprint density at radius 2 is 2.00 bits per heavy atom. The van der Waals surface area contributed by atoms with Gasteiger partial charge in [-0.25, -0.2) is 4.98 Å². The van der Waals surface area contributed by atoms with Crippen LogP contribution in [0.3, 0.4) is 0 Å². The van der Waals surface area contributed by atoms with Crippen LogP contribution in [0, 0.1) is 13.8 Å². The summed E-state index contributed by atoms with van der Waals surface area (Å²) in [4.78, 5) is 8.58. The molecule has 0 saturated carbocycles. The van der Waals surface area contributed by atoms with Crippen LogP contribution in [0.15, 0.2) is 18.7 Å². The highest BCUT2D eigenvalue weighted by molar-refractivity contribution is 5.41. The van der Waals surface area contributed by atoms with Crippen LogP contribution in [0.4, 0.5) is 0 Å². The molecule has 2 aromatic rings. The highest BCUT2D eigenvalue weighted by Crippen LogP contribution is 2.27. The molecule has 2 aromatic heterocycles. The Bertz CT molecular complexity index is 620. The minimum Gasteiger partial charge on any atom is -0.496 e. The summed E-state index contributed by atoms with van der Waals surface area (Å²) >= 11 is 0. The van der Waals surface area contributed by atoms with Gasteiger partial charge in [0.25, 0.3) is 0 Å². The average molecular weight is 289 g/mol. The van der Waals surface area contributed by atoms with E-state index in [1.54, 1.807) is 25.8 Å². The molecule has 0 aliphatic carbocycles. The Hall–Kier alpha value is -1.88. The second-order valence-corrected chi connectivity index (χ2v) is 5.59. The van der Waals surface area contributed by atoms with Crippen molar-refractivity contribution in [1.29, 1.82) is 0 Å². The van der Waals surface area contributed by atoms with Crippen molar-refractivity contribution in [3.8, 4) is 5.75 Å². The number of rotatable bonds is 5. The predicted octanol–water partition coefficient (Wildman–Crippen LogP) is 2.76. The first-order valence-electron chi connectivity index (χ1n) is 7.14. The lowest BCUT2D eigenvalue weighted by atomic mass is 10.0. The topological polar surface area (TPSA) is 60.2 Å². The molecule has 0 fully saturated rings. The van der Waals surface area contributed by atoms with E-state index in [9.17, 15) is 5.11 Å². The van der Waals surface area contributed by atoms with Gasteiger partial charge in [0, 0.05) is 35.5 Å². The molecule has 0 aliphatic heterocycles. The molecule has 0 aromatic carbocycles. The maximum Gasteiger partial charge on any atom is 0.128 e. The van der Waals surface area contributed by atoms with Crippen molar-refractivity contribution < 1.29 is 9.84 Å². The Morgan fingerprint density at radius 3 is 2.62 bits per heavy atom. The fourth-order valence-corrected chi connectivity index (χ4v) is 2.57. The average Bonchev–Trinajstić information content (AvgIpc) is 2.92. The van der Waals surface area contributed by atoms with Gasteiger partial charge in [-0.3, -0.25) is 4.98 Å². The van der Waals surface area contributed by atoms with Gasteiger partial charge in [0.2, 0.25) is 0 Å². The number of hydrogen-bond acceptors (Lipinski definition) is 4. The highest BCUT2D eigenvalue weighted by Gasteiger charge is 2.18. The van der Waals surface area contributed by atoms with Gasteiger partial charge in [-0.15, -0.1) is 0 Å². The monoisotopic (exact) mass is 289 g/mol. The van der Waals surface area contributed by atoms with Crippen molar-refractivity contribution in [2.45, 2.75) is 46.3 Å². The molecule has 2 rings (SSSR count). The number of hydrogen-bond donors (Lipinski definition) is 1. The van der Waals surface area contributed by atoms with Crippen molar-refractivity contribution in [1.82, 2.24) is 14.5 Å². The lowest BCUT2D eigenvalue weighted by Gasteiger charge is -2.18. The summed E-state index contributed by atoms with van der Waals surface area (Å²) in [6, 6.07) is 0.263. The molecule has 0 aliphatic rings. The lowest BCUT2D eigenvalue weighted by molar-refractivity contribution is 0.165. The smallest absolute Gasteiger partial charge is 0.128 e. The van der Waals surface area contributed by atoms with Crippen molar-refractivity contribution in [3.05, 3.63) is 41.2 Å². The summed E-state index contributed by atoms with van der Waals surface area (Å²) in [5.74, 6) is 0.838. The third-order valence-electron chi connectivity index (χ3n) is 3.73. The molecular weight excluding hydrogens is 266 g/mol. The Labute approximate surface area is 125 Å². The zero-order valence-corrected chi connectivity index (χ0v) is 13.3. The Morgan fingerprint density at radius 1 is 1.29 bits per heavy atom. The van der Waals surface area contributed by atoms with Gasteiger partial charge in [0.1, 0.15) is 11.9 Å². The number of nitrogens with zero attached hydrogens (tertiary/aromatic N) is 3. The summed E-state index contributed by atoms with van der Waals surface area (Å²) in [7, 11) is 1.66. The molecule has 1 unspecified atom stereocenters. The molecule has 2 heterocycles. The summed E-state index contributed by atoms with van der Waals surface area (Å²) in [6.45, 7) is 8.07. The number of methoxy groups -OCH3 is 1. The molecular formula is C16H23N3O2. The summed E-state index contributed by atoms with van der Waals surface area (Å²) < 4.78 is 7.39. The van der Waals surface area contributed by atoms with E-state index < -0.39 is 6.10 Å². The third-order valence-corrected chi connectivity index (χ3v) is 3.73. The van der Waals surface area contributed by atoms with E-state index in [4.69, 9.17) is 4.74 Å². The van der Waals surface area contributed by atoms with Gasteiger partial charge < -0.3 is 14.4 Å². The first-order valence-corrected chi connectivity index (χ1v) is 7.14. The van der Waals surface area contributed by atoms with Crippen molar-refractivity contribution in [3.63, 3.8) is 0 Å². The van der Waals surface area contributed by atoms with E-state index in [-0.39, 0.29) is 6.04 Å². The van der Waals surface area contributed by atoms with Crippen LogP contribution >= 0.6 is 0 Å². The summed E-state index contributed by atoms with van der Waals surface area (Å²) in [5, 5.41) is 10.5. The number of pyridine rings is 1. The molecule has 0 bridgehead atoms. The number of aliphatic hydroxyl groups excluding tert-OH is 1. The zero-order valence-electron chi connectivity index (χ0n) is 13.3. The van der Waals surface area contributed by atoms with Crippen molar-refractivity contribution in [2.75, 3.05) is 7.11 Å². The minimum atomic E-state index is -0.631. The van der Waals surface area contributed by atoms with Crippen LogP contribution in [0.1, 0.15) is 48.5 Å². The first-order chi connectivity index (χ1) is 9.95. The molecule has 0 amide bonds. The standard InChI is InChI=1S/C16H23N3O2/c1-10(2)19-9-17-8-14(19)15(20)6-13-12(4)16(21-5)11(3)7-18-13/h7-10,15,20H,6H2,1-5H3. The number of ether oxygens (including phenoxy) is 1. The molecule has 114 valence electrons. The van der Waals surface area contributed by atoms with Gasteiger partial charge in [-0.05, 0) is 27.7 Å². The molecule has 5 heteroatoms. The second-order valence-electron chi connectivity index (χ2n) is 5.59. The van der Waals surface area contributed by atoms with Gasteiger partial charge in [0.15, 0.2) is 0 Å².